The fourth-order valence-corrected chi connectivity index (χ4v) is 3.76. The van der Waals surface area contributed by atoms with Gasteiger partial charge in [-0.3, -0.25) is 4.72 Å². The van der Waals surface area contributed by atoms with Crippen molar-refractivity contribution in [2.75, 3.05) is 11.9 Å². The second-order valence-electron chi connectivity index (χ2n) is 6.20. The second-order valence-corrected chi connectivity index (χ2v) is 7.45. The zero-order valence-electron chi connectivity index (χ0n) is 15.8. The number of benzene rings is 3. The van der Waals surface area contributed by atoms with Crippen molar-refractivity contribution in [2.24, 2.45) is 4.99 Å². The highest BCUT2D eigenvalue weighted by atomic mass is 35.5. The van der Waals surface area contributed by atoms with E-state index in [0.717, 1.165) is 21.9 Å². The number of hydrogen-bond acceptors (Lipinski definition) is 4. The van der Waals surface area contributed by atoms with E-state index in [1.54, 1.807) is 6.07 Å². The van der Waals surface area contributed by atoms with Crippen molar-refractivity contribution in [3.8, 4) is 17.2 Å². The molecule has 1 aliphatic heterocycles. The number of rotatable bonds is 6. The minimum atomic E-state index is 0.495. The lowest BCUT2D eigenvalue weighted by Crippen LogP contribution is -2.29. The van der Waals surface area contributed by atoms with Gasteiger partial charge >= 0.3 is 0 Å². The van der Waals surface area contributed by atoms with Gasteiger partial charge in [0.1, 0.15) is 11.5 Å². The minimum Gasteiger partial charge on any atom is -0.494 e. The van der Waals surface area contributed by atoms with Gasteiger partial charge in [-0.1, -0.05) is 48.0 Å². The van der Waals surface area contributed by atoms with Crippen molar-refractivity contribution in [1.29, 1.82) is 0 Å². The van der Waals surface area contributed by atoms with Crippen LogP contribution < -0.4 is 19.5 Å². The lowest BCUT2D eigenvalue weighted by molar-refractivity contribution is 0.336. The standard InChI is InChI=1S/C22H20ClN3O2S/c1-2-27-17-10-5-3-8-15(17)14-24-22-25-21-19(12-7-13-20(21)29-26-22)28-18-11-6-4-9-16(18)23/h3-13H,2,14H2,1H3,(H2,24,25,26). The highest BCUT2D eigenvalue weighted by Crippen LogP contribution is 2.40. The van der Waals surface area contributed by atoms with Crippen LogP contribution in [0, 0.1) is 0 Å². The molecule has 0 unspecified atom stereocenters. The Bertz CT molecular complexity index is 1040. The molecule has 0 fully saturated rings. The Hall–Kier alpha value is -2.83. The summed E-state index contributed by atoms with van der Waals surface area (Å²) in [6.45, 7) is 3.09. The monoisotopic (exact) mass is 425 g/mol. The first-order valence-electron chi connectivity index (χ1n) is 9.25. The number of ether oxygens (including phenoxy) is 2. The highest BCUT2D eigenvalue weighted by Gasteiger charge is 2.19. The van der Waals surface area contributed by atoms with Crippen LogP contribution in [-0.2, 0) is 6.54 Å². The number of guanidine groups is 1. The number of anilines is 1. The summed E-state index contributed by atoms with van der Waals surface area (Å²) < 4.78 is 15.0. The summed E-state index contributed by atoms with van der Waals surface area (Å²) >= 11 is 7.73. The van der Waals surface area contributed by atoms with Gasteiger partial charge in [-0.15, -0.1) is 0 Å². The maximum atomic E-state index is 6.25. The van der Waals surface area contributed by atoms with Crippen molar-refractivity contribution in [1.82, 2.24) is 4.72 Å². The Labute approximate surface area is 179 Å². The molecule has 0 amide bonds. The van der Waals surface area contributed by atoms with E-state index >= 15 is 0 Å². The molecule has 5 nitrogen and oxygen atoms in total. The van der Waals surface area contributed by atoms with Crippen molar-refractivity contribution >= 4 is 35.2 Å². The summed E-state index contributed by atoms with van der Waals surface area (Å²) in [5.41, 5.74) is 1.88. The number of nitrogens with one attached hydrogen (secondary N) is 2. The molecule has 0 saturated carbocycles. The van der Waals surface area contributed by atoms with Crippen LogP contribution in [0.25, 0.3) is 0 Å². The van der Waals surface area contributed by atoms with Gasteiger partial charge in [-0.05, 0) is 49.2 Å². The first-order valence-corrected chi connectivity index (χ1v) is 10.4. The van der Waals surface area contributed by atoms with Crippen LogP contribution in [0.3, 0.4) is 0 Å². The molecule has 0 aromatic heterocycles. The zero-order chi connectivity index (χ0) is 20.1. The Balaban J connectivity index is 1.55. The maximum absolute atomic E-state index is 6.25. The van der Waals surface area contributed by atoms with Crippen molar-refractivity contribution in [3.05, 3.63) is 77.3 Å². The molecule has 0 atom stereocenters. The Kier molecular flexibility index (Phi) is 6.12. The second kappa shape index (κ2) is 9.11. The Morgan fingerprint density at radius 2 is 1.69 bits per heavy atom. The molecule has 1 aliphatic rings. The number of hydrogen-bond donors (Lipinski definition) is 2. The third-order valence-electron chi connectivity index (χ3n) is 4.23. The van der Waals surface area contributed by atoms with Crippen LogP contribution in [0.5, 0.6) is 17.2 Å². The predicted molar refractivity (Wildman–Crippen MR) is 119 cm³/mol. The Morgan fingerprint density at radius 3 is 2.52 bits per heavy atom. The van der Waals surface area contributed by atoms with E-state index in [2.05, 4.69) is 15.0 Å². The van der Waals surface area contributed by atoms with Crippen LogP contribution in [0.2, 0.25) is 5.02 Å². The third-order valence-corrected chi connectivity index (χ3v) is 5.39. The minimum absolute atomic E-state index is 0.495. The van der Waals surface area contributed by atoms with Crippen LogP contribution in [0.1, 0.15) is 12.5 Å². The maximum Gasteiger partial charge on any atom is 0.206 e. The molecule has 0 spiro atoms. The first-order chi connectivity index (χ1) is 14.2. The summed E-state index contributed by atoms with van der Waals surface area (Å²) in [5.74, 6) is 2.80. The van der Waals surface area contributed by atoms with E-state index in [1.807, 2.05) is 67.6 Å². The summed E-state index contributed by atoms with van der Waals surface area (Å²) in [6.07, 6.45) is 0. The molecule has 1 heterocycles. The van der Waals surface area contributed by atoms with Crippen molar-refractivity contribution < 1.29 is 9.47 Å². The van der Waals surface area contributed by atoms with Gasteiger partial charge in [0.15, 0.2) is 5.75 Å². The lowest BCUT2D eigenvalue weighted by Gasteiger charge is -2.23. The smallest absolute Gasteiger partial charge is 0.206 e. The van der Waals surface area contributed by atoms with Gasteiger partial charge in [-0.2, -0.15) is 0 Å². The molecule has 0 aliphatic carbocycles. The predicted octanol–water partition coefficient (Wildman–Crippen LogP) is 6.11. The highest BCUT2D eigenvalue weighted by molar-refractivity contribution is 7.98. The molecular weight excluding hydrogens is 406 g/mol. The van der Waals surface area contributed by atoms with E-state index in [4.69, 9.17) is 21.1 Å². The fraction of sp³-hybridized carbons (Fsp3) is 0.136. The molecule has 148 valence electrons. The van der Waals surface area contributed by atoms with Crippen molar-refractivity contribution in [2.45, 2.75) is 18.4 Å². The molecule has 3 aromatic rings. The molecule has 4 rings (SSSR count). The molecule has 0 radical (unpaired) electrons. The van der Waals surface area contributed by atoms with Gasteiger partial charge in [0, 0.05) is 5.56 Å². The number of fused-ring (bicyclic) bond motifs is 1. The number of nitrogens with zero attached hydrogens (tertiary/aromatic N) is 1. The zero-order valence-corrected chi connectivity index (χ0v) is 17.4. The molecule has 0 saturated heterocycles. The van der Waals surface area contributed by atoms with E-state index in [9.17, 15) is 0 Å². The fourth-order valence-electron chi connectivity index (χ4n) is 2.86. The number of aliphatic imine (C=N–C) groups is 1. The first kappa shape index (κ1) is 19.5. The average molecular weight is 426 g/mol. The Morgan fingerprint density at radius 1 is 0.931 bits per heavy atom. The largest absolute Gasteiger partial charge is 0.494 e. The summed E-state index contributed by atoms with van der Waals surface area (Å²) in [6, 6.07) is 21.2. The van der Waals surface area contributed by atoms with E-state index in [0.29, 0.717) is 35.6 Å². The number of halogens is 1. The topological polar surface area (TPSA) is 54.9 Å². The van der Waals surface area contributed by atoms with Gasteiger partial charge in [0.05, 0.1) is 28.8 Å². The van der Waals surface area contributed by atoms with Crippen LogP contribution in [0.15, 0.2) is 76.6 Å². The van der Waals surface area contributed by atoms with Crippen LogP contribution in [0.4, 0.5) is 5.69 Å². The van der Waals surface area contributed by atoms with Gasteiger partial charge in [0.25, 0.3) is 0 Å². The van der Waals surface area contributed by atoms with Gasteiger partial charge < -0.3 is 14.8 Å². The molecule has 29 heavy (non-hydrogen) atoms. The quantitative estimate of drug-likeness (QED) is 0.466. The molecule has 3 aromatic carbocycles. The number of para-hydroxylation sites is 3. The van der Waals surface area contributed by atoms with Gasteiger partial charge in [0.2, 0.25) is 5.96 Å². The van der Waals surface area contributed by atoms with E-state index < -0.39 is 0 Å². The van der Waals surface area contributed by atoms with Crippen molar-refractivity contribution in [3.63, 3.8) is 0 Å². The molecule has 2 N–H and O–H groups in total. The summed E-state index contributed by atoms with van der Waals surface area (Å²) in [5, 5.41) is 3.90. The average Bonchev–Trinajstić information content (AvgIpc) is 2.75. The lowest BCUT2D eigenvalue weighted by atomic mass is 10.2. The van der Waals surface area contributed by atoms with E-state index in [1.165, 1.54) is 11.9 Å². The molecular formula is C22H20ClN3O2S. The molecule has 7 heteroatoms. The third kappa shape index (κ3) is 4.60. The van der Waals surface area contributed by atoms with Crippen LogP contribution in [-0.4, -0.2) is 12.6 Å². The van der Waals surface area contributed by atoms with Gasteiger partial charge in [-0.25, -0.2) is 4.99 Å². The summed E-state index contributed by atoms with van der Waals surface area (Å²) in [7, 11) is 0. The summed E-state index contributed by atoms with van der Waals surface area (Å²) in [4.78, 5) is 5.69. The van der Waals surface area contributed by atoms with E-state index in [-0.39, 0.29) is 0 Å². The normalized spacial score (nSPS) is 13.9. The van der Waals surface area contributed by atoms with Crippen LogP contribution >= 0.6 is 23.5 Å². The SMILES string of the molecule is CCOc1ccccc1CN=C1NSc2cccc(Oc3ccccc3Cl)c2N1. The molecule has 0 bridgehead atoms.